The molecule has 3 rings (SSSR count). The molecule has 0 saturated carbocycles. The minimum atomic E-state index is -1.30. The molecule has 100 heavy (non-hydrogen) atoms. The van der Waals surface area contributed by atoms with Crippen LogP contribution in [0.25, 0.3) is 0 Å². The molecule has 0 aliphatic heterocycles. The van der Waals surface area contributed by atoms with Gasteiger partial charge in [-0.2, -0.15) is 11.6 Å². The number of anilines is 3. The van der Waals surface area contributed by atoms with Gasteiger partial charge in [-0.05, 0) is 177 Å². The number of hydrogen-bond donors (Lipinski definition) is 5. The van der Waals surface area contributed by atoms with Crippen LogP contribution < -0.4 is 50.2 Å². The predicted octanol–water partition coefficient (Wildman–Crippen LogP) is 22.7. The quantitative estimate of drug-likeness (QED) is 0.0341. The number of nitrogens with two attached hydrogens (primary N) is 4. The first-order valence-corrected chi connectivity index (χ1v) is 36.5. The molecule has 0 aliphatic carbocycles. The van der Waals surface area contributed by atoms with E-state index < -0.39 is 50.6 Å². The molecule has 48 heteroatoms. The zero-order valence-corrected chi connectivity index (χ0v) is 65.9. The van der Waals surface area contributed by atoms with E-state index in [1.165, 1.54) is 26.0 Å². The standard InChI is InChI=1S/C13H22N2OS.C12H22BrNSi2.C9H14N2.C7H15NOS.C4H11NOS.C4H9.C3H6O.14F2.2FH.Li/c1-12(2,3)17(16)15-13(4,5)10-6-8-11(14)9-7-10;1-15(2,3)14(16(4,5)6)12-9-7-11(13)8-10-12;1-9(2,11)7-3-5-8(10)6-4-7;1-6(2)8-10(9)7(3,4)5;1-4(2,3)7(5)6;1-3-4-2;1-3(2)4;14*1-2;;;/h6-9,15H,14H2,1-5H3;7-10H,1-6H3;3-6H,10-11H2,1-2H3;1-5H3;5H2,1-3H3;1,3-4H2,2H3;1-2H3;;;;;;;;;;;;;;;2*1H;/q;;;;;-1;;;;;;;;;;;;;;;;;;+1/p+1. The van der Waals surface area contributed by atoms with Gasteiger partial charge in [0.25, 0.3) is 0 Å². The molecular weight excluding hydrogens is 1600 g/mol. The average molecular weight is 1700 g/mol. The van der Waals surface area contributed by atoms with Crippen molar-refractivity contribution in [3.05, 3.63) is 95.3 Å². The largest absolute Gasteiger partial charge is 1.00 e. The monoisotopic (exact) mass is 1700 g/mol. The molecule has 9 N–H and O–H groups in total. The van der Waals surface area contributed by atoms with E-state index in [-0.39, 0.29) is 60.8 Å². The Bertz CT molecular complexity index is 1930. The van der Waals surface area contributed by atoms with Crippen LogP contribution in [0.5, 0.6) is 0 Å². The second-order valence-electron chi connectivity index (χ2n) is 22.8. The van der Waals surface area contributed by atoms with E-state index in [1.807, 2.05) is 152 Å². The Kier molecular flexibility index (Phi) is 161. The number of nitrogens with one attached hydrogen (secondary N) is 1. The summed E-state index contributed by atoms with van der Waals surface area (Å²) in [6, 6.07) is 24.0. The van der Waals surface area contributed by atoms with E-state index in [9.17, 15) is 18.5 Å². The van der Waals surface area contributed by atoms with Gasteiger partial charge in [-0.25, -0.2) is 0 Å². The van der Waals surface area contributed by atoms with Crippen LogP contribution in [0.15, 0.2) is 81.7 Å². The maximum Gasteiger partial charge on any atom is 1.00 e. The van der Waals surface area contributed by atoms with Crippen molar-refractivity contribution in [2.24, 2.45) is 15.3 Å². The van der Waals surface area contributed by atoms with E-state index in [2.05, 4.69) is 107 Å². The molecule has 0 amide bonds. The molecule has 3 aromatic carbocycles. The first-order chi connectivity index (χ1) is 44.7. The van der Waals surface area contributed by atoms with Gasteiger partial charge in [0, 0.05) is 178 Å². The molecule has 3 atom stereocenters. The molecule has 0 radical (unpaired) electrons. The van der Waals surface area contributed by atoms with E-state index in [0.29, 0.717) is 0 Å². The van der Waals surface area contributed by atoms with Gasteiger partial charge in [-0.15, -0.1) is 4.72 Å². The number of halogens is 31. The van der Waals surface area contributed by atoms with Gasteiger partial charge < -0.3 is 46.8 Å². The first kappa shape index (κ1) is 154. The third-order valence-corrected chi connectivity index (χ3v) is 20.7. The fourth-order valence-corrected chi connectivity index (χ4v) is 16.6. The molecule has 0 fully saturated rings. The van der Waals surface area contributed by atoms with Gasteiger partial charge in [0.15, 0.2) is 0 Å². The van der Waals surface area contributed by atoms with Gasteiger partial charge in [-0.1, -0.05) is 97.2 Å². The fraction of sp³-hybridized carbons (Fsp3) is 0.596. The van der Waals surface area contributed by atoms with Crippen LogP contribution in [0.2, 0.25) is 39.3 Å². The van der Waals surface area contributed by atoms with E-state index >= 15 is 0 Å². The Hall–Kier alpha value is -3.38. The Labute approximate surface area is 601 Å². The Morgan fingerprint density at radius 2 is 0.730 bits per heavy atom. The number of rotatable bonds is 9. The molecule has 0 saturated heterocycles. The summed E-state index contributed by atoms with van der Waals surface area (Å²) < 4.78 is 268. The predicted molar refractivity (Wildman–Crippen MR) is 359 cm³/mol. The minimum Gasteiger partial charge on any atom is -0.598 e. The summed E-state index contributed by atoms with van der Waals surface area (Å²) in [6.45, 7) is 52.1. The van der Waals surface area contributed by atoms with E-state index in [1.54, 1.807) is 0 Å². The number of unbranched alkanes of at least 4 members (excludes halogenated alkanes) is 1. The number of carbonyl (C=O) groups excluding carboxylic acids is 1. The van der Waals surface area contributed by atoms with Crippen molar-refractivity contribution >= 4 is 95.0 Å². The maximum absolute atomic E-state index is 12.1. The van der Waals surface area contributed by atoms with Crippen LogP contribution in [0.4, 0.5) is 155 Å². The summed E-state index contributed by atoms with van der Waals surface area (Å²) in [7, 11) is -2.60. The van der Waals surface area contributed by atoms with Crippen LogP contribution in [-0.4, -0.2) is 55.9 Å². The topological polar surface area (TPSA) is 218 Å². The SMILES string of the molecule is CC(C)(C)[S+](N)[O-].CC(C)(N)c1ccc(N)cc1.CC(C)(N[S+]([O-])C(C)(C)C)c1ccc(N)cc1.CC(C)=N[S+]([O-])C(C)(C)C.CC(C)=O.C[Si](C)(C)N(c1ccc(Br)cc1)[Si](C)(C)C.F.F.FF.FF.FF.FF.FF.FF.FF.FF.FF.FF.FF.FF.FF.FF.[CH2-]CCC.[H+].[Li+]. The van der Waals surface area contributed by atoms with E-state index in [4.69, 9.17) is 150 Å². The van der Waals surface area contributed by atoms with Crippen LogP contribution in [0, 0.1) is 6.92 Å². The first-order valence-electron chi connectivity index (χ1n) is 25.3. The van der Waals surface area contributed by atoms with Gasteiger partial charge >= 0.3 is 20.3 Å². The molecule has 0 heterocycles. The van der Waals surface area contributed by atoms with Crippen molar-refractivity contribution in [2.75, 3.05) is 15.7 Å². The van der Waals surface area contributed by atoms with E-state index in [0.717, 1.165) is 39.1 Å². The van der Waals surface area contributed by atoms with Crippen LogP contribution in [0.1, 0.15) is 150 Å². The summed E-state index contributed by atoms with van der Waals surface area (Å²) >= 11 is 0.143. The number of ketones is 1. The maximum atomic E-state index is 12.1. The zero-order chi connectivity index (χ0) is 83.7. The number of carbonyl (C=O) groups is 1. The molecule has 0 aliphatic rings. The second kappa shape index (κ2) is 104. The number of nitrogen functional groups attached to an aromatic ring is 2. The van der Waals surface area contributed by atoms with Crippen molar-refractivity contribution in [2.45, 2.75) is 202 Å². The number of Topliss-reactive ketones (excluding diaryl/α,β-unsaturated/α-hetero) is 1. The van der Waals surface area contributed by atoms with Gasteiger partial charge in [-0.3, -0.25) is 9.41 Å². The van der Waals surface area contributed by atoms with Gasteiger partial charge in [0.2, 0.25) is 0 Å². The smallest absolute Gasteiger partial charge is 0.598 e. The number of nitrogens with zero attached hydrogens (tertiary/aromatic N) is 2. The molecular formula is C52H102BrF30LiN7O4S3Si2+. The van der Waals surface area contributed by atoms with Crippen molar-refractivity contribution < 1.29 is 176 Å². The Morgan fingerprint density at radius 3 is 0.880 bits per heavy atom. The molecule has 612 valence electrons. The summed E-state index contributed by atoms with van der Waals surface area (Å²) in [6.07, 6.45) is 2.28. The van der Waals surface area contributed by atoms with Crippen molar-refractivity contribution in [1.82, 2.24) is 4.72 Å². The number of benzene rings is 3. The molecule has 3 aromatic rings. The minimum absolute atomic E-state index is 0. The third kappa shape index (κ3) is 121. The van der Waals surface area contributed by atoms with Crippen LogP contribution >= 0.6 is 15.9 Å². The van der Waals surface area contributed by atoms with Gasteiger partial charge in [0.1, 0.15) is 47.9 Å². The second-order valence-corrected chi connectivity index (χ2v) is 39.4. The molecule has 3 unspecified atom stereocenters. The zero-order valence-electron chi connectivity index (χ0n) is 60.9. The average Bonchev–Trinajstić information content (AvgIpc) is 0.811. The van der Waals surface area contributed by atoms with Crippen molar-refractivity contribution in [3.63, 3.8) is 0 Å². The molecule has 0 bridgehead atoms. The summed E-state index contributed by atoms with van der Waals surface area (Å²) in [5, 5.41) is 5.04. The van der Waals surface area contributed by atoms with Crippen molar-refractivity contribution in [3.8, 4) is 0 Å². The Morgan fingerprint density at radius 1 is 0.510 bits per heavy atom. The normalized spacial score (nSPS) is 9.83. The summed E-state index contributed by atoms with van der Waals surface area (Å²) in [5.74, 6) is 0.167. The van der Waals surface area contributed by atoms with Gasteiger partial charge in [0.05, 0.1) is 11.3 Å². The molecule has 0 spiro atoms. The third-order valence-electron chi connectivity index (χ3n) is 8.36. The molecule has 0 aromatic heterocycles. The fourth-order valence-electron chi connectivity index (χ4n) is 4.93. The molecule has 11 nitrogen and oxygen atoms in total. The number of hydrogen-bond acceptors (Lipinski definition) is 11. The van der Waals surface area contributed by atoms with Crippen LogP contribution in [0.3, 0.4) is 0 Å². The summed E-state index contributed by atoms with van der Waals surface area (Å²) in [4.78, 5) is 9.44. The van der Waals surface area contributed by atoms with Crippen LogP contribution in [-0.2, 0) is 50.0 Å². The Balaban J connectivity index is -0.0000000347. The van der Waals surface area contributed by atoms with Crippen molar-refractivity contribution in [1.29, 1.82) is 0 Å². The summed E-state index contributed by atoms with van der Waals surface area (Å²) in [5.41, 5.74) is 22.4.